The van der Waals surface area contributed by atoms with Gasteiger partial charge in [0.1, 0.15) is 17.9 Å². The Bertz CT molecular complexity index is 1040. The fourth-order valence-electron chi connectivity index (χ4n) is 3.09. The Balaban J connectivity index is 1.88. The Morgan fingerprint density at radius 1 is 1.28 bits per heavy atom. The van der Waals surface area contributed by atoms with Crippen molar-refractivity contribution in [1.82, 2.24) is 19.3 Å². The fraction of sp³-hybridized carbons (Fsp3) is 0.476. The molecule has 3 aromatic heterocycles. The van der Waals surface area contributed by atoms with Crippen molar-refractivity contribution in [3.63, 3.8) is 0 Å². The maximum Gasteiger partial charge on any atom is 0.143 e. The lowest BCUT2D eigenvalue weighted by molar-refractivity contribution is 0.0899. The third-order valence-corrected chi connectivity index (χ3v) is 6.71. The van der Waals surface area contributed by atoms with Crippen LogP contribution in [0.3, 0.4) is 0 Å². The number of hydrogen-bond donors (Lipinski definition) is 1. The normalized spacial score (nSPS) is 12.3. The molecule has 0 bridgehead atoms. The monoisotopic (exact) mass is 410 g/mol. The molecule has 0 spiro atoms. The van der Waals surface area contributed by atoms with Gasteiger partial charge in [0.15, 0.2) is 0 Å². The number of ether oxygens (including phenoxy) is 1. The molecule has 0 atom stereocenters. The Hall–Kier alpha value is -2.63. The van der Waals surface area contributed by atoms with Gasteiger partial charge in [-0.15, -0.1) is 0 Å². The fourth-order valence-corrected chi connectivity index (χ4v) is 3.85. The summed E-state index contributed by atoms with van der Waals surface area (Å²) < 4.78 is 9.62. The van der Waals surface area contributed by atoms with E-state index < -0.39 is 13.6 Å². The van der Waals surface area contributed by atoms with Gasteiger partial charge in [-0.1, -0.05) is 19.6 Å². The minimum absolute atomic E-state index is 0.498. The molecular weight excluding hydrogens is 380 g/mol. The van der Waals surface area contributed by atoms with E-state index in [2.05, 4.69) is 42.2 Å². The first-order chi connectivity index (χ1) is 13.7. The summed E-state index contributed by atoms with van der Waals surface area (Å²) in [5, 5.41) is 18.1. The molecule has 3 heterocycles. The molecule has 3 aromatic rings. The first-order valence-electron chi connectivity index (χ1n) is 9.86. The largest absolute Gasteiger partial charge is 0.387 e. The topological polar surface area (TPSA) is 80.7 Å². The molecule has 154 valence electrons. The second-order valence-electron chi connectivity index (χ2n) is 9.01. The second-order valence-corrected chi connectivity index (χ2v) is 14.6. The molecule has 0 saturated carbocycles. The number of nitriles is 1. The van der Waals surface area contributed by atoms with E-state index >= 15 is 0 Å². The van der Waals surface area contributed by atoms with Crippen LogP contribution in [0.4, 0.5) is 5.69 Å². The van der Waals surface area contributed by atoms with Gasteiger partial charge in [0.05, 0.1) is 18.0 Å². The lowest BCUT2D eigenvalue weighted by Crippen LogP contribution is -2.24. The first kappa shape index (κ1) is 21.1. The molecular formula is C21H30N6OSi. The molecule has 0 aliphatic heterocycles. The second kappa shape index (κ2) is 8.01. The summed E-state index contributed by atoms with van der Waals surface area (Å²) >= 11 is 0. The third-order valence-electron chi connectivity index (χ3n) is 5.01. The molecule has 7 nitrogen and oxygen atoms in total. The van der Waals surface area contributed by atoms with E-state index in [1.807, 2.05) is 44.1 Å². The van der Waals surface area contributed by atoms with E-state index in [-0.39, 0.29) is 0 Å². The zero-order chi connectivity index (χ0) is 21.2. The summed E-state index contributed by atoms with van der Waals surface area (Å²) in [6.07, 6.45) is 7.54. The molecule has 0 fully saturated rings. The Labute approximate surface area is 173 Å². The molecule has 0 unspecified atom stereocenters. The van der Waals surface area contributed by atoms with Crippen molar-refractivity contribution in [2.45, 2.75) is 51.8 Å². The van der Waals surface area contributed by atoms with Crippen LogP contribution < -0.4 is 5.32 Å². The standard InChI is InChI=1S/C21H30N6OSi/c1-21(2,14-22)27-13-16(11-25-27)18-12-24-20-17(19(18)23-3)7-8-26(20)15-28-9-10-29(4,5)6/h7-8,11-13H,9-10,15H2,1-6H3,(H,23,24). The molecule has 3 rings (SSSR count). The van der Waals surface area contributed by atoms with E-state index in [4.69, 9.17) is 9.72 Å². The molecule has 0 aliphatic rings. The van der Waals surface area contributed by atoms with Crippen molar-refractivity contribution in [3.8, 4) is 17.2 Å². The lowest BCUT2D eigenvalue weighted by Gasteiger charge is -2.16. The number of fused-ring (bicyclic) bond motifs is 1. The maximum absolute atomic E-state index is 9.36. The number of rotatable bonds is 8. The van der Waals surface area contributed by atoms with E-state index in [9.17, 15) is 5.26 Å². The molecule has 0 aromatic carbocycles. The van der Waals surface area contributed by atoms with Crippen LogP contribution in [0.1, 0.15) is 13.8 Å². The van der Waals surface area contributed by atoms with Gasteiger partial charge < -0.3 is 14.6 Å². The Morgan fingerprint density at radius 3 is 2.69 bits per heavy atom. The molecule has 0 amide bonds. The first-order valence-corrected chi connectivity index (χ1v) is 13.6. The van der Waals surface area contributed by atoms with Crippen LogP contribution in [-0.4, -0.2) is 41.1 Å². The molecule has 0 radical (unpaired) electrons. The lowest BCUT2D eigenvalue weighted by atomic mass is 10.1. The van der Waals surface area contributed by atoms with Gasteiger partial charge >= 0.3 is 0 Å². The molecule has 0 saturated heterocycles. The summed E-state index contributed by atoms with van der Waals surface area (Å²) in [4.78, 5) is 4.69. The Kier molecular flexibility index (Phi) is 5.82. The highest BCUT2D eigenvalue weighted by molar-refractivity contribution is 6.76. The summed E-state index contributed by atoms with van der Waals surface area (Å²) in [7, 11) is 0.811. The van der Waals surface area contributed by atoms with Gasteiger partial charge in [-0.3, -0.25) is 4.68 Å². The van der Waals surface area contributed by atoms with Gasteiger partial charge in [-0.05, 0) is 26.0 Å². The van der Waals surface area contributed by atoms with Crippen LogP contribution in [0.5, 0.6) is 0 Å². The van der Waals surface area contributed by atoms with Crippen molar-refractivity contribution >= 4 is 24.8 Å². The summed E-state index contributed by atoms with van der Waals surface area (Å²) in [5.41, 5.74) is 3.05. The van der Waals surface area contributed by atoms with E-state index in [0.717, 1.165) is 40.5 Å². The van der Waals surface area contributed by atoms with E-state index in [1.165, 1.54) is 0 Å². The van der Waals surface area contributed by atoms with Crippen molar-refractivity contribution in [1.29, 1.82) is 5.26 Å². The van der Waals surface area contributed by atoms with Crippen LogP contribution in [0.15, 0.2) is 30.9 Å². The SMILES string of the molecule is CNc1c(-c2cnn(C(C)(C)C#N)c2)cnc2c1ccn2COCC[Si](C)(C)C. The van der Waals surface area contributed by atoms with Crippen LogP contribution in [-0.2, 0) is 17.0 Å². The van der Waals surface area contributed by atoms with E-state index in [0.29, 0.717) is 6.73 Å². The zero-order valence-electron chi connectivity index (χ0n) is 18.2. The van der Waals surface area contributed by atoms with Crippen LogP contribution in [0.2, 0.25) is 25.7 Å². The summed E-state index contributed by atoms with van der Waals surface area (Å²) in [6.45, 7) is 12.0. The minimum Gasteiger partial charge on any atom is -0.387 e. The quantitative estimate of drug-likeness (QED) is 0.436. The minimum atomic E-state index is -1.09. The van der Waals surface area contributed by atoms with Crippen molar-refractivity contribution in [3.05, 3.63) is 30.9 Å². The van der Waals surface area contributed by atoms with Gasteiger partial charge in [-0.25, -0.2) is 4.98 Å². The number of hydrogen-bond acceptors (Lipinski definition) is 5. The van der Waals surface area contributed by atoms with E-state index in [1.54, 1.807) is 10.9 Å². The highest BCUT2D eigenvalue weighted by atomic mass is 28.3. The molecule has 1 N–H and O–H groups in total. The third kappa shape index (κ3) is 4.52. The number of nitrogens with zero attached hydrogens (tertiary/aromatic N) is 5. The highest BCUT2D eigenvalue weighted by Gasteiger charge is 2.22. The summed E-state index contributed by atoms with van der Waals surface area (Å²) in [6, 6.07) is 5.48. The van der Waals surface area contributed by atoms with Crippen LogP contribution in [0.25, 0.3) is 22.2 Å². The van der Waals surface area contributed by atoms with Crippen LogP contribution >= 0.6 is 0 Å². The molecule has 8 heteroatoms. The average Bonchev–Trinajstić information content (AvgIpc) is 3.31. The number of pyridine rings is 1. The average molecular weight is 411 g/mol. The van der Waals surface area contributed by atoms with Gasteiger partial charge in [-0.2, -0.15) is 10.4 Å². The number of anilines is 1. The maximum atomic E-state index is 9.36. The Morgan fingerprint density at radius 2 is 2.03 bits per heavy atom. The zero-order valence-corrected chi connectivity index (χ0v) is 19.2. The van der Waals surface area contributed by atoms with Crippen molar-refractivity contribution in [2.75, 3.05) is 19.0 Å². The van der Waals surface area contributed by atoms with Crippen LogP contribution in [0, 0.1) is 11.3 Å². The molecule has 0 aliphatic carbocycles. The summed E-state index contributed by atoms with van der Waals surface area (Å²) in [5.74, 6) is 0. The predicted octanol–water partition coefficient (Wildman–Crippen LogP) is 4.51. The highest BCUT2D eigenvalue weighted by Crippen LogP contribution is 2.34. The van der Waals surface area contributed by atoms with Crippen molar-refractivity contribution in [2.24, 2.45) is 0 Å². The molecule has 29 heavy (non-hydrogen) atoms. The number of aromatic nitrogens is 4. The van der Waals surface area contributed by atoms with Gasteiger partial charge in [0.2, 0.25) is 0 Å². The predicted molar refractivity (Wildman–Crippen MR) is 120 cm³/mol. The number of nitrogens with one attached hydrogen (secondary N) is 1. The van der Waals surface area contributed by atoms with Gasteiger partial charge in [0.25, 0.3) is 0 Å². The van der Waals surface area contributed by atoms with Gasteiger partial charge in [0, 0.05) is 56.8 Å². The van der Waals surface area contributed by atoms with Crippen molar-refractivity contribution < 1.29 is 4.74 Å². The smallest absolute Gasteiger partial charge is 0.143 e.